The van der Waals surface area contributed by atoms with E-state index in [-0.39, 0.29) is 22.7 Å². The molecule has 1 N–H and O–H groups in total. The molecule has 1 aromatic heterocycles. The second-order valence-electron chi connectivity index (χ2n) is 2.36. The van der Waals surface area contributed by atoms with E-state index in [1.807, 2.05) is 30.3 Å². The van der Waals surface area contributed by atoms with Gasteiger partial charge in [-0.1, -0.05) is 18.2 Å². The van der Waals surface area contributed by atoms with E-state index in [2.05, 4.69) is 4.98 Å². The molecule has 0 aliphatic carbocycles. The number of nitrogens with zero attached hydrogens (tertiary/aromatic N) is 1. The van der Waals surface area contributed by atoms with Gasteiger partial charge in [-0.3, -0.25) is 0 Å². The monoisotopic (exact) mass is 204 g/mol. The van der Waals surface area contributed by atoms with Crippen LogP contribution < -0.4 is 0 Å². The Bertz CT molecular complexity index is 384. The molecule has 0 amide bonds. The Balaban J connectivity index is 0.000000720. The zero-order valence-electron chi connectivity index (χ0n) is 6.19. The zero-order valence-corrected chi connectivity index (χ0v) is 7.23. The van der Waals surface area contributed by atoms with Crippen LogP contribution >= 0.6 is 0 Å². The van der Waals surface area contributed by atoms with Crippen LogP contribution in [0.1, 0.15) is 0 Å². The Morgan fingerprint density at radius 2 is 1.83 bits per heavy atom. The predicted molar refractivity (Wildman–Crippen MR) is 43.4 cm³/mol. The maximum absolute atomic E-state index is 9.26. The second-order valence-corrected chi connectivity index (χ2v) is 2.36. The number of hydrogen-bond donors (Lipinski definition) is 1. The molecule has 12 heavy (non-hydrogen) atoms. The average molecular weight is 204 g/mol. The van der Waals surface area contributed by atoms with Gasteiger partial charge in [0.05, 0.1) is 0 Å². The molecule has 3 heteroatoms. The van der Waals surface area contributed by atoms with E-state index in [1.54, 1.807) is 6.20 Å². The van der Waals surface area contributed by atoms with Gasteiger partial charge in [0.15, 0.2) is 0 Å². The van der Waals surface area contributed by atoms with Crippen molar-refractivity contribution in [1.29, 1.82) is 0 Å². The fourth-order valence-corrected chi connectivity index (χ4v) is 1.10. The maximum Gasteiger partial charge on any atom is 0.218 e. The minimum atomic E-state index is 0. The molecule has 0 aliphatic rings. The minimum absolute atomic E-state index is 0. The summed E-state index contributed by atoms with van der Waals surface area (Å²) in [5.41, 5.74) is 0. The Hall–Kier alpha value is -1.06. The van der Waals surface area contributed by atoms with E-state index >= 15 is 0 Å². The summed E-state index contributed by atoms with van der Waals surface area (Å²) in [7, 11) is 0. The summed E-state index contributed by atoms with van der Waals surface area (Å²) in [5, 5.41) is 11.1. The largest absolute Gasteiger partial charge is 0.493 e. The van der Waals surface area contributed by atoms with Crippen LogP contribution in [0.25, 0.3) is 10.8 Å². The summed E-state index contributed by atoms with van der Waals surface area (Å²) in [5.74, 6) is 0.100. The van der Waals surface area contributed by atoms with Crippen molar-refractivity contribution in [3.05, 3.63) is 36.5 Å². The van der Waals surface area contributed by atoms with Gasteiger partial charge in [0.1, 0.15) is 0 Å². The Labute approximate surface area is 80.4 Å². The molecule has 2 aromatic rings. The quantitative estimate of drug-likeness (QED) is 0.711. The van der Waals surface area contributed by atoms with Gasteiger partial charge in [-0.25, -0.2) is 4.98 Å². The standard InChI is InChI=1S/C9H7NO.Co/c11-9-8-4-2-1-3-7(8)5-6-10-9;/h1-6H,(H,10,11);. The molecule has 0 spiro atoms. The van der Waals surface area contributed by atoms with Crippen molar-refractivity contribution >= 4 is 10.8 Å². The molecule has 1 heterocycles. The number of pyridine rings is 1. The third kappa shape index (κ3) is 1.42. The number of aromatic nitrogens is 1. The van der Waals surface area contributed by atoms with Crippen molar-refractivity contribution < 1.29 is 21.9 Å². The summed E-state index contributed by atoms with van der Waals surface area (Å²) in [6.45, 7) is 0. The smallest absolute Gasteiger partial charge is 0.218 e. The van der Waals surface area contributed by atoms with Crippen molar-refractivity contribution in [3.63, 3.8) is 0 Å². The molecular formula is C9H7CoNO. The van der Waals surface area contributed by atoms with Crippen LogP contribution in [0.2, 0.25) is 0 Å². The molecule has 1 radical (unpaired) electrons. The van der Waals surface area contributed by atoms with Crippen LogP contribution in [0.5, 0.6) is 5.88 Å². The van der Waals surface area contributed by atoms with Crippen molar-refractivity contribution in [3.8, 4) is 5.88 Å². The number of fused-ring (bicyclic) bond motifs is 1. The van der Waals surface area contributed by atoms with Gasteiger partial charge in [-0.2, -0.15) is 0 Å². The van der Waals surface area contributed by atoms with E-state index in [1.165, 1.54) is 0 Å². The first-order chi connectivity index (χ1) is 5.38. The van der Waals surface area contributed by atoms with Gasteiger partial charge >= 0.3 is 0 Å². The van der Waals surface area contributed by atoms with Crippen LogP contribution in [-0.2, 0) is 16.8 Å². The van der Waals surface area contributed by atoms with Gasteiger partial charge in [0.25, 0.3) is 0 Å². The maximum atomic E-state index is 9.26. The van der Waals surface area contributed by atoms with Gasteiger partial charge in [-0.15, -0.1) is 0 Å². The van der Waals surface area contributed by atoms with Crippen molar-refractivity contribution in [1.82, 2.24) is 4.98 Å². The van der Waals surface area contributed by atoms with Gasteiger partial charge in [0, 0.05) is 28.4 Å². The SMILES string of the molecule is Oc1nccc2ccccc12.[Co]. The van der Waals surface area contributed by atoms with Crippen LogP contribution in [0, 0.1) is 0 Å². The van der Waals surface area contributed by atoms with E-state index < -0.39 is 0 Å². The van der Waals surface area contributed by atoms with E-state index in [9.17, 15) is 5.11 Å². The molecule has 63 valence electrons. The number of benzene rings is 1. The third-order valence-electron chi connectivity index (χ3n) is 1.65. The molecular weight excluding hydrogens is 197 g/mol. The van der Waals surface area contributed by atoms with Crippen molar-refractivity contribution in [2.24, 2.45) is 0 Å². The Morgan fingerprint density at radius 1 is 1.08 bits per heavy atom. The molecule has 2 nitrogen and oxygen atoms in total. The molecule has 0 unspecified atom stereocenters. The molecule has 0 saturated heterocycles. The molecule has 0 saturated carbocycles. The van der Waals surface area contributed by atoms with E-state index in [4.69, 9.17) is 0 Å². The molecule has 0 aliphatic heterocycles. The molecule has 1 aromatic carbocycles. The predicted octanol–water partition coefficient (Wildman–Crippen LogP) is 1.94. The summed E-state index contributed by atoms with van der Waals surface area (Å²) in [6.07, 6.45) is 1.59. The summed E-state index contributed by atoms with van der Waals surface area (Å²) in [6, 6.07) is 9.47. The Kier molecular flexibility index (Phi) is 2.68. The minimum Gasteiger partial charge on any atom is -0.493 e. The number of hydrogen-bond acceptors (Lipinski definition) is 2. The topological polar surface area (TPSA) is 33.1 Å². The number of rotatable bonds is 0. The summed E-state index contributed by atoms with van der Waals surface area (Å²) in [4.78, 5) is 3.76. The van der Waals surface area contributed by atoms with Crippen molar-refractivity contribution in [2.75, 3.05) is 0 Å². The number of aromatic hydroxyl groups is 1. The first-order valence-corrected chi connectivity index (χ1v) is 3.40. The van der Waals surface area contributed by atoms with E-state index in [0.717, 1.165) is 10.8 Å². The second kappa shape index (κ2) is 3.56. The average Bonchev–Trinajstić information content (AvgIpc) is 2.06. The summed E-state index contributed by atoms with van der Waals surface area (Å²) >= 11 is 0. The normalized spacial score (nSPS) is 9.33. The molecule has 0 atom stereocenters. The first-order valence-electron chi connectivity index (χ1n) is 3.40. The van der Waals surface area contributed by atoms with Crippen LogP contribution in [0.4, 0.5) is 0 Å². The van der Waals surface area contributed by atoms with Crippen LogP contribution in [-0.4, -0.2) is 10.1 Å². The zero-order chi connectivity index (χ0) is 7.68. The fourth-order valence-electron chi connectivity index (χ4n) is 1.10. The van der Waals surface area contributed by atoms with E-state index in [0.29, 0.717) is 0 Å². The van der Waals surface area contributed by atoms with Gasteiger partial charge in [0.2, 0.25) is 5.88 Å². The molecule has 2 rings (SSSR count). The van der Waals surface area contributed by atoms with Crippen LogP contribution in [0.3, 0.4) is 0 Å². The van der Waals surface area contributed by atoms with Crippen molar-refractivity contribution in [2.45, 2.75) is 0 Å². The summed E-state index contributed by atoms with van der Waals surface area (Å²) < 4.78 is 0. The molecule has 0 bridgehead atoms. The third-order valence-corrected chi connectivity index (χ3v) is 1.65. The first kappa shape index (κ1) is 9.03. The Morgan fingerprint density at radius 3 is 2.58 bits per heavy atom. The fraction of sp³-hybridized carbons (Fsp3) is 0. The van der Waals surface area contributed by atoms with Gasteiger partial charge < -0.3 is 5.11 Å². The van der Waals surface area contributed by atoms with Crippen LogP contribution in [0.15, 0.2) is 36.5 Å². The van der Waals surface area contributed by atoms with Gasteiger partial charge in [-0.05, 0) is 17.5 Å². The molecule has 0 fully saturated rings.